The molecule has 23 heavy (non-hydrogen) atoms. The smallest absolute Gasteiger partial charge is 0.226 e. The molecule has 1 aromatic carbocycles. The average Bonchev–Trinajstić information content (AvgIpc) is 2.93. The van der Waals surface area contributed by atoms with Gasteiger partial charge in [-0.3, -0.25) is 4.79 Å². The summed E-state index contributed by atoms with van der Waals surface area (Å²) in [5.74, 6) is 0.575. The Morgan fingerprint density at radius 2 is 2.04 bits per heavy atom. The lowest BCUT2D eigenvalue weighted by Gasteiger charge is -2.13. The zero-order valence-corrected chi connectivity index (χ0v) is 14.0. The number of aromatic nitrogens is 1. The van der Waals surface area contributed by atoms with Crippen molar-refractivity contribution in [2.75, 3.05) is 6.54 Å². The van der Waals surface area contributed by atoms with Crippen LogP contribution >= 0.6 is 11.6 Å². The summed E-state index contributed by atoms with van der Waals surface area (Å²) in [6, 6.07) is 7.15. The van der Waals surface area contributed by atoms with Gasteiger partial charge >= 0.3 is 0 Å². The monoisotopic (exact) mass is 336 g/mol. The Labute approximate surface area is 140 Å². The zero-order chi connectivity index (χ0) is 16.8. The molecule has 0 aliphatic rings. The number of hydrogen-bond donors (Lipinski definition) is 2. The molecule has 1 heterocycles. The van der Waals surface area contributed by atoms with Gasteiger partial charge in [-0.25, -0.2) is 4.98 Å². The minimum Gasteiger partial charge on any atom is -0.444 e. The lowest BCUT2D eigenvalue weighted by atomic mass is 10.0. The quantitative estimate of drug-likeness (QED) is 0.814. The number of nitrogens with one attached hydrogen (secondary N) is 1. The van der Waals surface area contributed by atoms with E-state index in [-0.39, 0.29) is 24.3 Å². The van der Waals surface area contributed by atoms with Gasteiger partial charge in [-0.1, -0.05) is 18.5 Å². The van der Waals surface area contributed by atoms with Crippen LogP contribution in [0.15, 0.2) is 34.9 Å². The predicted molar refractivity (Wildman–Crippen MR) is 89.1 cm³/mol. The maximum Gasteiger partial charge on any atom is 0.226 e. The molecule has 0 bridgehead atoms. The van der Waals surface area contributed by atoms with Crippen LogP contribution in [-0.4, -0.2) is 28.6 Å². The predicted octanol–water partition coefficient (Wildman–Crippen LogP) is 3.06. The van der Waals surface area contributed by atoms with Crippen molar-refractivity contribution >= 4 is 17.5 Å². The Bertz CT molecular complexity index is 638. The van der Waals surface area contributed by atoms with E-state index in [2.05, 4.69) is 10.3 Å². The standard InChI is InChI=1S/C17H21ClN2O3/c1-11(7-12(2)21)9-19-16(22)8-15-10-23-17(20-15)13-3-5-14(18)6-4-13/h3-6,10-12,21H,7-9H2,1-2H3,(H,19,22). The summed E-state index contributed by atoms with van der Waals surface area (Å²) in [5, 5.41) is 12.8. The van der Waals surface area contributed by atoms with E-state index in [9.17, 15) is 9.90 Å². The van der Waals surface area contributed by atoms with Gasteiger partial charge in [-0.2, -0.15) is 0 Å². The van der Waals surface area contributed by atoms with Crippen molar-refractivity contribution < 1.29 is 14.3 Å². The van der Waals surface area contributed by atoms with Crippen molar-refractivity contribution in [2.45, 2.75) is 32.8 Å². The lowest BCUT2D eigenvalue weighted by Crippen LogP contribution is -2.30. The number of carbonyl (C=O) groups is 1. The van der Waals surface area contributed by atoms with E-state index in [1.807, 2.05) is 19.1 Å². The molecule has 0 aliphatic heterocycles. The molecule has 2 N–H and O–H groups in total. The molecule has 0 aliphatic carbocycles. The highest BCUT2D eigenvalue weighted by Crippen LogP contribution is 2.21. The van der Waals surface area contributed by atoms with Gasteiger partial charge in [0.15, 0.2) is 0 Å². The minimum absolute atomic E-state index is 0.113. The van der Waals surface area contributed by atoms with E-state index in [0.717, 1.165) is 5.56 Å². The molecule has 2 aromatic rings. The SMILES string of the molecule is CC(O)CC(C)CNC(=O)Cc1coc(-c2ccc(Cl)cc2)n1. The molecular formula is C17H21ClN2O3. The Morgan fingerprint density at radius 1 is 1.35 bits per heavy atom. The van der Waals surface area contributed by atoms with Gasteiger partial charge < -0.3 is 14.8 Å². The van der Waals surface area contributed by atoms with Gasteiger partial charge in [-0.15, -0.1) is 0 Å². The summed E-state index contributed by atoms with van der Waals surface area (Å²) in [6.45, 7) is 4.26. The second-order valence-electron chi connectivity index (χ2n) is 5.82. The molecule has 1 amide bonds. The Morgan fingerprint density at radius 3 is 2.70 bits per heavy atom. The first kappa shape index (κ1) is 17.5. The molecule has 0 saturated carbocycles. The van der Waals surface area contributed by atoms with E-state index in [1.165, 1.54) is 6.26 Å². The van der Waals surface area contributed by atoms with Crippen molar-refractivity contribution in [1.82, 2.24) is 10.3 Å². The highest BCUT2D eigenvalue weighted by Gasteiger charge is 2.12. The average molecular weight is 337 g/mol. The topological polar surface area (TPSA) is 75.4 Å². The maximum absolute atomic E-state index is 11.9. The zero-order valence-electron chi connectivity index (χ0n) is 13.3. The van der Waals surface area contributed by atoms with E-state index < -0.39 is 0 Å². The molecule has 5 nitrogen and oxygen atoms in total. The first-order valence-electron chi connectivity index (χ1n) is 7.59. The number of aliphatic hydroxyl groups is 1. The first-order chi connectivity index (χ1) is 10.9. The van der Waals surface area contributed by atoms with Crippen molar-refractivity contribution in [1.29, 1.82) is 0 Å². The van der Waals surface area contributed by atoms with Gasteiger partial charge in [0.2, 0.25) is 11.8 Å². The molecule has 0 saturated heterocycles. The van der Waals surface area contributed by atoms with Crippen molar-refractivity contribution in [3.63, 3.8) is 0 Å². The van der Waals surface area contributed by atoms with Gasteiger partial charge in [-0.05, 0) is 43.5 Å². The van der Waals surface area contributed by atoms with E-state index in [1.54, 1.807) is 19.1 Å². The highest BCUT2D eigenvalue weighted by atomic mass is 35.5. The molecule has 0 fully saturated rings. The third-order valence-electron chi connectivity index (χ3n) is 3.38. The third-order valence-corrected chi connectivity index (χ3v) is 3.63. The van der Waals surface area contributed by atoms with Crippen LogP contribution in [0.2, 0.25) is 5.02 Å². The molecule has 2 unspecified atom stereocenters. The van der Waals surface area contributed by atoms with Crippen LogP contribution < -0.4 is 5.32 Å². The Hall–Kier alpha value is -1.85. The van der Waals surface area contributed by atoms with Gasteiger partial charge in [0.1, 0.15) is 6.26 Å². The van der Waals surface area contributed by atoms with Crippen LogP contribution in [-0.2, 0) is 11.2 Å². The maximum atomic E-state index is 11.9. The summed E-state index contributed by atoms with van der Waals surface area (Å²) < 4.78 is 5.40. The number of benzene rings is 1. The van der Waals surface area contributed by atoms with Crippen LogP contribution in [0.4, 0.5) is 0 Å². The van der Waals surface area contributed by atoms with Crippen LogP contribution in [0.5, 0.6) is 0 Å². The fraction of sp³-hybridized carbons (Fsp3) is 0.412. The molecular weight excluding hydrogens is 316 g/mol. The summed E-state index contributed by atoms with van der Waals surface area (Å²) in [4.78, 5) is 16.2. The molecule has 124 valence electrons. The number of nitrogens with zero attached hydrogens (tertiary/aromatic N) is 1. The van der Waals surface area contributed by atoms with Gasteiger partial charge in [0, 0.05) is 17.1 Å². The number of carbonyl (C=O) groups excluding carboxylic acids is 1. The van der Waals surface area contributed by atoms with Gasteiger partial charge in [0.05, 0.1) is 18.2 Å². The first-order valence-corrected chi connectivity index (χ1v) is 7.97. The molecule has 0 spiro atoms. The Kier molecular flexibility index (Phi) is 6.19. The lowest BCUT2D eigenvalue weighted by molar-refractivity contribution is -0.120. The second-order valence-corrected chi connectivity index (χ2v) is 6.26. The molecule has 1 aromatic heterocycles. The van der Waals surface area contributed by atoms with Crippen molar-refractivity contribution in [2.24, 2.45) is 5.92 Å². The number of amides is 1. The molecule has 2 atom stereocenters. The number of oxazole rings is 1. The number of aliphatic hydroxyl groups excluding tert-OH is 1. The van der Waals surface area contributed by atoms with Crippen molar-refractivity contribution in [3.05, 3.63) is 41.2 Å². The normalized spacial score (nSPS) is 13.6. The summed E-state index contributed by atoms with van der Waals surface area (Å²) in [5.41, 5.74) is 1.39. The Balaban J connectivity index is 1.86. The van der Waals surface area contributed by atoms with E-state index in [0.29, 0.717) is 29.6 Å². The third kappa shape index (κ3) is 5.69. The number of halogens is 1. The summed E-state index contributed by atoms with van der Waals surface area (Å²) in [7, 11) is 0. The minimum atomic E-state index is -0.362. The number of hydrogen-bond acceptors (Lipinski definition) is 4. The second kappa shape index (κ2) is 8.13. The fourth-order valence-electron chi connectivity index (χ4n) is 2.29. The molecule has 0 radical (unpaired) electrons. The fourth-order valence-corrected chi connectivity index (χ4v) is 2.42. The van der Waals surface area contributed by atoms with Crippen LogP contribution in [0.25, 0.3) is 11.5 Å². The van der Waals surface area contributed by atoms with Crippen LogP contribution in [0.1, 0.15) is 26.0 Å². The van der Waals surface area contributed by atoms with Crippen LogP contribution in [0, 0.1) is 5.92 Å². The van der Waals surface area contributed by atoms with E-state index in [4.69, 9.17) is 16.0 Å². The summed E-state index contributed by atoms with van der Waals surface area (Å²) in [6.07, 6.45) is 1.95. The summed E-state index contributed by atoms with van der Waals surface area (Å²) >= 11 is 5.85. The highest BCUT2D eigenvalue weighted by molar-refractivity contribution is 6.30. The van der Waals surface area contributed by atoms with E-state index >= 15 is 0 Å². The van der Waals surface area contributed by atoms with Gasteiger partial charge in [0.25, 0.3) is 0 Å². The molecule has 2 rings (SSSR count). The van der Waals surface area contributed by atoms with Crippen molar-refractivity contribution in [3.8, 4) is 11.5 Å². The number of rotatable bonds is 7. The largest absolute Gasteiger partial charge is 0.444 e. The van der Waals surface area contributed by atoms with Crippen LogP contribution in [0.3, 0.4) is 0 Å². The molecule has 6 heteroatoms.